The minimum atomic E-state index is -0.481. The van der Waals surface area contributed by atoms with E-state index in [1.54, 1.807) is 6.07 Å². The number of nitrogen functional groups attached to an aromatic ring is 1. The van der Waals surface area contributed by atoms with Gasteiger partial charge in [-0.25, -0.2) is 4.98 Å². The topological polar surface area (TPSA) is 123 Å². The van der Waals surface area contributed by atoms with E-state index in [4.69, 9.17) is 5.84 Å². The number of nitro groups is 1. The number of nitrogens with zero attached hydrogens (tertiary/aromatic N) is 3. The third-order valence-corrected chi connectivity index (χ3v) is 2.74. The van der Waals surface area contributed by atoms with E-state index in [-0.39, 0.29) is 5.69 Å². The first-order valence-corrected chi connectivity index (χ1v) is 5.30. The highest BCUT2D eigenvalue weighted by Gasteiger charge is 2.11. The maximum absolute atomic E-state index is 10.7. The van der Waals surface area contributed by atoms with Gasteiger partial charge >= 0.3 is 0 Å². The van der Waals surface area contributed by atoms with Crippen LogP contribution in [0.3, 0.4) is 0 Å². The zero-order valence-corrected chi connectivity index (χ0v) is 9.27. The lowest BCUT2D eigenvalue weighted by Crippen LogP contribution is -2.07. The molecule has 0 saturated heterocycles. The Morgan fingerprint density at radius 1 is 1.47 bits per heavy atom. The molecule has 1 heterocycles. The van der Waals surface area contributed by atoms with Gasteiger partial charge in [0.15, 0.2) is 5.16 Å². The van der Waals surface area contributed by atoms with Gasteiger partial charge < -0.3 is 5.43 Å². The Morgan fingerprint density at radius 3 is 2.88 bits per heavy atom. The Kier molecular flexibility index (Phi) is 3.21. The van der Waals surface area contributed by atoms with E-state index in [0.29, 0.717) is 15.7 Å². The minimum absolute atomic E-state index is 0.0394. The van der Waals surface area contributed by atoms with Gasteiger partial charge in [0.2, 0.25) is 0 Å². The lowest BCUT2D eigenvalue weighted by Gasteiger charge is -2.03. The Bertz CT molecular complexity index is 529. The van der Waals surface area contributed by atoms with Crippen LogP contribution in [-0.4, -0.2) is 20.1 Å². The molecule has 17 heavy (non-hydrogen) atoms. The van der Waals surface area contributed by atoms with E-state index in [1.165, 1.54) is 30.2 Å². The molecule has 0 aliphatic carbocycles. The Morgan fingerprint density at radius 2 is 2.29 bits per heavy atom. The summed E-state index contributed by atoms with van der Waals surface area (Å²) >= 11 is 1.23. The maximum Gasteiger partial charge on any atom is 0.272 e. The van der Waals surface area contributed by atoms with Crippen molar-refractivity contribution < 1.29 is 4.92 Å². The summed E-state index contributed by atoms with van der Waals surface area (Å²) in [5, 5.41) is 17.6. The molecule has 0 amide bonds. The van der Waals surface area contributed by atoms with Gasteiger partial charge in [-0.15, -0.1) is 0 Å². The Hall–Kier alpha value is -2.13. The molecule has 0 radical (unpaired) electrons. The third kappa shape index (κ3) is 2.71. The van der Waals surface area contributed by atoms with Crippen molar-refractivity contribution in [3.05, 3.63) is 34.6 Å². The second-order valence-electron chi connectivity index (χ2n) is 3.01. The van der Waals surface area contributed by atoms with Crippen LogP contribution < -0.4 is 11.3 Å². The molecule has 0 atom stereocenters. The number of nitrogens with one attached hydrogen (secondary N) is 2. The summed E-state index contributed by atoms with van der Waals surface area (Å²) in [6, 6.07) is 4.47. The molecule has 9 heteroatoms. The summed E-state index contributed by atoms with van der Waals surface area (Å²) < 4.78 is 0. The fraction of sp³-hybridized carbons (Fsp3) is 0. The number of aromatic nitrogens is 3. The number of hydrogen-bond donors (Lipinski definition) is 3. The van der Waals surface area contributed by atoms with E-state index in [1.807, 2.05) is 0 Å². The van der Waals surface area contributed by atoms with Crippen LogP contribution in [-0.2, 0) is 0 Å². The molecule has 0 aliphatic heterocycles. The summed E-state index contributed by atoms with van der Waals surface area (Å²) in [4.78, 5) is 14.8. The van der Waals surface area contributed by atoms with Gasteiger partial charge in [0.25, 0.3) is 5.69 Å². The van der Waals surface area contributed by atoms with Crippen molar-refractivity contribution in [2.24, 2.45) is 5.84 Å². The van der Waals surface area contributed by atoms with Crippen molar-refractivity contribution in [1.82, 2.24) is 15.2 Å². The molecular formula is C8H8N6O2S. The first-order valence-electron chi connectivity index (χ1n) is 4.48. The maximum atomic E-state index is 10.7. The van der Waals surface area contributed by atoms with Gasteiger partial charge in [-0.3, -0.25) is 21.1 Å². The molecule has 0 saturated carbocycles. The second-order valence-corrected chi connectivity index (χ2v) is 4.07. The molecule has 0 unspecified atom stereocenters. The molecule has 0 bridgehead atoms. The number of rotatable bonds is 4. The molecule has 0 fully saturated rings. The fourth-order valence-electron chi connectivity index (χ4n) is 1.19. The van der Waals surface area contributed by atoms with Crippen LogP contribution in [0.4, 0.5) is 11.4 Å². The first kappa shape index (κ1) is 11.4. The Labute approximate surface area is 99.7 Å². The number of anilines is 1. The minimum Gasteiger partial charge on any atom is -0.324 e. The number of hydrogen-bond acceptors (Lipinski definition) is 7. The number of benzene rings is 1. The number of aromatic amines is 1. The largest absolute Gasteiger partial charge is 0.324 e. The quantitative estimate of drug-likeness (QED) is 0.423. The summed E-state index contributed by atoms with van der Waals surface area (Å²) in [7, 11) is 0. The number of nitrogens with two attached hydrogens (primary N) is 1. The predicted octanol–water partition coefficient (Wildman–Crippen LogP) is 1.15. The molecule has 2 rings (SSSR count). The first-order chi connectivity index (χ1) is 8.19. The standard InChI is InChI=1S/C8H8N6O2S/c9-12-5-1-6(14(15)16)3-7(2-5)17-8-10-4-11-13-8/h1-4,12H,9H2,(H,10,11,13). The van der Waals surface area contributed by atoms with Crippen molar-refractivity contribution in [3.63, 3.8) is 0 Å². The van der Waals surface area contributed by atoms with Crippen molar-refractivity contribution in [2.45, 2.75) is 10.1 Å². The monoisotopic (exact) mass is 252 g/mol. The second kappa shape index (κ2) is 4.80. The lowest BCUT2D eigenvalue weighted by atomic mass is 10.3. The number of nitro benzene ring substituents is 1. The van der Waals surface area contributed by atoms with E-state index in [9.17, 15) is 10.1 Å². The van der Waals surface area contributed by atoms with E-state index in [0.717, 1.165) is 0 Å². The van der Waals surface area contributed by atoms with Crippen LogP contribution >= 0.6 is 11.8 Å². The fourth-order valence-corrected chi connectivity index (χ4v) is 1.97. The van der Waals surface area contributed by atoms with Gasteiger partial charge in [0, 0.05) is 17.0 Å². The van der Waals surface area contributed by atoms with E-state index < -0.39 is 4.92 Å². The van der Waals surface area contributed by atoms with Crippen molar-refractivity contribution >= 4 is 23.1 Å². The van der Waals surface area contributed by atoms with Gasteiger partial charge in [-0.1, -0.05) is 11.8 Å². The molecule has 0 aliphatic rings. The van der Waals surface area contributed by atoms with Crippen LogP contribution in [0.5, 0.6) is 0 Å². The summed E-state index contributed by atoms with van der Waals surface area (Å²) in [6.45, 7) is 0. The predicted molar refractivity (Wildman–Crippen MR) is 61.4 cm³/mol. The average molecular weight is 252 g/mol. The van der Waals surface area contributed by atoms with Crippen LogP contribution in [0.2, 0.25) is 0 Å². The van der Waals surface area contributed by atoms with Crippen molar-refractivity contribution in [1.29, 1.82) is 0 Å². The van der Waals surface area contributed by atoms with Gasteiger partial charge in [0.1, 0.15) is 6.33 Å². The molecule has 1 aromatic carbocycles. The smallest absolute Gasteiger partial charge is 0.272 e. The normalized spacial score (nSPS) is 10.2. The highest BCUT2D eigenvalue weighted by atomic mass is 32.2. The van der Waals surface area contributed by atoms with Gasteiger partial charge in [0.05, 0.1) is 10.6 Å². The molecule has 0 spiro atoms. The number of non-ortho nitro benzene ring substituents is 1. The zero-order valence-electron chi connectivity index (χ0n) is 8.45. The highest BCUT2D eigenvalue weighted by molar-refractivity contribution is 7.99. The highest BCUT2D eigenvalue weighted by Crippen LogP contribution is 2.30. The van der Waals surface area contributed by atoms with Gasteiger partial charge in [-0.05, 0) is 6.07 Å². The molecule has 4 N–H and O–H groups in total. The SMILES string of the molecule is NNc1cc(Sc2ncn[nH]2)cc([N+](=O)[O-])c1. The lowest BCUT2D eigenvalue weighted by molar-refractivity contribution is -0.385. The molecule has 88 valence electrons. The molecule has 8 nitrogen and oxygen atoms in total. The van der Waals surface area contributed by atoms with Crippen molar-refractivity contribution in [3.8, 4) is 0 Å². The van der Waals surface area contributed by atoms with Gasteiger partial charge in [-0.2, -0.15) is 5.10 Å². The summed E-state index contributed by atoms with van der Waals surface area (Å²) in [5.41, 5.74) is 2.80. The molecule has 2 aromatic rings. The van der Waals surface area contributed by atoms with Crippen molar-refractivity contribution in [2.75, 3.05) is 5.43 Å². The van der Waals surface area contributed by atoms with E-state index in [2.05, 4.69) is 20.6 Å². The average Bonchev–Trinajstić information content (AvgIpc) is 2.81. The van der Waals surface area contributed by atoms with E-state index >= 15 is 0 Å². The van der Waals surface area contributed by atoms with Crippen LogP contribution in [0, 0.1) is 10.1 Å². The van der Waals surface area contributed by atoms with Crippen LogP contribution in [0.1, 0.15) is 0 Å². The molecule has 1 aromatic heterocycles. The number of hydrazine groups is 1. The number of H-pyrrole nitrogens is 1. The molecular weight excluding hydrogens is 244 g/mol. The summed E-state index contributed by atoms with van der Waals surface area (Å²) in [6.07, 6.45) is 1.36. The van der Waals surface area contributed by atoms with Crippen LogP contribution in [0.15, 0.2) is 34.6 Å². The summed E-state index contributed by atoms with van der Waals surface area (Å²) in [5.74, 6) is 5.24. The zero-order chi connectivity index (χ0) is 12.3. The Balaban J connectivity index is 2.33. The third-order valence-electron chi connectivity index (χ3n) is 1.88. The van der Waals surface area contributed by atoms with Crippen LogP contribution in [0.25, 0.3) is 0 Å².